The Morgan fingerprint density at radius 3 is 2.55 bits per heavy atom. The first-order chi connectivity index (χ1) is 13.8. The minimum absolute atomic E-state index is 0.0418. The lowest BCUT2D eigenvalue weighted by Crippen LogP contribution is -2.57. The summed E-state index contributed by atoms with van der Waals surface area (Å²) in [5.41, 5.74) is 2.67. The van der Waals surface area contributed by atoms with Gasteiger partial charge < -0.3 is 15.5 Å². The average molecular weight is 414 g/mol. The Morgan fingerprint density at radius 1 is 1.28 bits per heavy atom. The lowest BCUT2D eigenvalue weighted by atomic mass is 9.84. The Hall–Kier alpha value is -2.04. The second-order valence-corrected chi connectivity index (χ2v) is 9.42. The first-order valence-electron chi connectivity index (χ1n) is 10.4. The molecule has 3 saturated heterocycles. The van der Waals surface area contributed by atoms with Crippen molar-refractivity contribution in [2.75, 3.05) is 19.6 Å². The van der Waals surface area contributed by atoms with E-state index in [-0.39, 0.29) is 17.4 Å². The number of rotatable bonds is 6. The molecule has 3 fully saturated rings. The summed E-state index contributed by atoms with van der Waals surface area (Å²) in [5, 5.41) is 6.84. The summed E-state index contributed by atoms with van der Waals surface area (Å²) in [6, 6.07) is 6.31. The summed E-state index contributed by atoms with van der Waals surface area (Å²) >= 11 is 6.49. The zero-order valence-corrected chi connectivity index (χ0v) is 18.4. The van der Waals surface area contributed by atoms with Gasteiger partial charge in [0.2, 0.25) is 0 Å². The van der Waals surface area contributed by atoms with Gasteiger partial charge in [0.05, 0.1) is 5.57 Å². The molecule has 3 aliphatic rings. The van der Waals surface area contributed by atoms with Crippen LogP contribution in [-0.4, -0.2) is 36.5 Å². The van der Waals surface area contributed by atoms with Gasteiger partial charge in [-0.05, 0) is 66.7 Å². The molecule has 0 aromatic heterocycles. The molecule has 0 spiro atoms. The summed E-state index contributed by atoms with van der Waals surface area (Å²) < 4.78 is 0. The molecule has 4 rings (SSSR count). The van der Waals surface area contributed by atoms with Gasteiger partial charge in [-0.15, -0.1) is 0 Å². The number of halogens is 1. The second-order valence-electron chi connectivity index (χ2n) is 9.01. The molecular weight excluding hydrogens is 382 g/mol. The Bertz CT molecular complexity index is 814. The highest BCUT2D eigenvalue weighted by Crippen LogP contribution is 2.29. The van der Waals surface area contributed by atoms with Crippen molar-refractivity contribution in [3.63, 3.8) is 0 Å². The lowest BCUT2D eigenvalue weighted by molar-refractivity contribution is -0.119. The maximum absolute atomic E-state index is 12.9. The normalized spacial score (nSPS) is 24.6. The van der Waals surface area contributed by atoms with Crippen LogP contribution in [0.2, 0.25) is 5.02 Å². The fourth-order valence-corrected chi connectivity index (χ4v) is 4.27. The van der Waals surface area contributed by atoms with Crippen LogP contribution in [0.5, 0.6) is 0 Å². The van der Waals surface area contributed by atoms with E-state index < -0.39 is 0 Å². The second kappa shape index (κ2) is 9.19. The van der Waals surface area contributed by atoms with E-state index in [0.29, 0.717) is 16.5 Å². The largest absolute Gasteiger partial charge is 0.368 e. The molecule has 29 heavy (non-hydrogen) atoms. The van der Waals surface area contributed by atoms with Crippen LogP contribution >= 0.6 is 11.6 Å². The van der Waals surface area contributed by atoms with E-state index in [2.05, 4.69) is 49.0 Å². The van der Waals surface area contributed by atoms with Gasteiger partial charge in [-0.25, -0.2) is 0 Å². The molecule has 0 aliphatic carbocycles. The first-order valence-corrected chi connectivity index (χ1v) is 10.7. The molecule has 1 unspecified atom stereocenters. The molecule has 1 aromatic carbocycles. The lowest BCUT2D eigenvalue weighted by Gasteiger charge is -2.44. The zero-order valence-electron chi connectivity index (χ0n) is 17.7. The highest BCUT2D eigenvalue weighted by molar-refractivity contribution is 6.32. The number of fused-ring (bicyclic) bond motifs is 3. The Kier molecular flexibility index (Phi) is 6.86. The van der Waals surface area contributed by atoms with E-state index in [4.69, 9.17) is 11.6 Å². The van der Waals surface area contributed by atoms with Crippen molar-refractivity contribution in [3.8, 4) is 0 Å². The van der Waals surface area contributed by atoms with Crippen LogP contribution in [0.25, 0.3) is 6.08 Å². The highest BCUT2D eigenvalue weighted by atomic mass is 35.5. The summed E-state index contributed by atoms with van der Waals surface area (Å²) in [4.78, 5) is 15.4. The van der Waals surface area contributed by atoms with Crippen LogP contribution in [0.1, 0.15) is 44.7 Å². The van der Waals surface area contributed by atoms with Crippen molar-refractivity contribution >= 4 is 23.6 Å². The van der Waals surface area contributed by atoms with Crippen molar-refractivity contribution in [2.45, 2.75) is 45.1 Å². The molecule has 2 N–H and O–H groups in total. The zero-order chi connectivity index (χ0) is 21.0. The topological polar surface area (TPSA) is 44.4 Å². The average Bonchev–Trinajstić information content (AvgIpc) is 2.69. The molecule has 1 aromatic rings. The number of benzene rings is 1. The molecular formula is C24H32ClN3O. The third kappa shape index (κ3) is 5.52. The fourth-order valence-electron chi connectivity index (χ4n) is 4.03. The number of nitrogens with zero attached hydrogens (tertiary/aromatic N) is 1. The van der Waals surface area contributed by atoms with Crippen molar-refractivity contribution < 1.29 is 4.79 Å². The van der Waals surface area contributed by atoms with Crippen molar-refractivity contribution in [1.29, 1.82) is 0 Å². The third-order valence-corrected chi connectivity index (χ3v) is 6.23. The quantitative estimate of drug-likeness (QED) is 0.534. The SMILES string of the molecule is C=CN/C=C(\C=C/c1ccc(C(C)(C)C)cc1Cl)C(=O)NC1CN2CCC1CC2. The molecule has 0 radical (unpaired) electrons. The van der Waals surface area contributed by atoms with E-state index in [1.807, 2.05) is 24.3 Å². The van der Waals surface area contributed by atoms with E-state index in [1.165, 1.54) is 18.4 Å². The number of hydrogen-bond acceptors (Lipinski definition) is 3. The van der Waals surface area contributed by atoms with E-state index in [0.717, 1.165) is 25.2 Å². The molecule has 1 atom stereocenters. The number of carbonyl (C=O) groups is 1. The molecule has 3 heterocycles. The van der Waals surface area contributed by atoms with Gasteiger partial charge in [0.15, 0.2) is 0 Å². The molecule has 156 valence electrons. The summed E-state index contributed by atoms with van der Waals surface area (Å²) in [6.07, 6.45) is 9.27. The standard InChI is InChI=1S/C24H32ClN3O/c1-5-26-15-19(23(29)27-22-16-28-12-10-18(22)11-13-28)7-6-17-8-9-20(14-21(17)25)24(2,3)4/h5-9,14-15,18,22,26H,1,10-13,16H2,2-4H3,(H,27,29)/b7-6-,19-15+. The number of carbonyl (C=O) groups excluding carboxylic acids is 1. The summed E-state index contributed by atoms with van der Waals surface area (Å²) in [6.45, 7) is 13.4. The van der Waals surface area contributed by atoms with Crippen molar-refractivity contribution in [2.24, 2.45) is 5.92 Å². The minimum atomic E-state index is -0.0724. The summed E-state index contributed by atoms with van der Waals surface area (Å²) in [7, 11) is 0. The van der Waals surface area contributed by atoms with Crippen LogP contribution in [0.4, 0.5) is 0 Å². The van der Waals surface area contributed by atoms with Gasteiger partial charge in [0.25, 0.3) is 5.91 Å². The highest BCUT2D eigenvalue weighted by Gasteiger charge is 2.35. The van der Waals surface area contributed by atoms with Gasteiger partial charge in [0.1, 0.15) is 0 Å². The van der Waals surface area contributed by atoms with E-state index in [1.54, 1.807) is 12.4 Å². The third-order valence-electron chi connectivity index (χ3n) is 5.90. The smallest absolute Gasteiger partial charge is 0.253 e. The van der Waals surface area contributed by atoms with Gasteiger partial charge in [0, 0.05) is 23.8 Å². The number of nitrogens with one attached hydrogen (secondary N) is 2. The predicted molar refractivity (Wildman–Crippen MR) is 122 cm³/mol. The van der Waals surface area contributed by atoms with Crippen LogP contribution in [-0.2, 0) is 10.2 Å². The fraction of sp³-hybridized carbons (Fsp3) is 0.458. The number of piperidine rings is 3. The Labute approximate surface area is 179 Å². The monoisotopic (exact) mass is 413 g/mol. The Morgan fingerprint density at radius 2 is 2.00 bits per heavy atom. The van der Waals surface area contributed by atoms with Crippen LogP contribution < -0.4 is 10.6 Å². The van der Waals surface area contributed by atoms with Crippen LogP contribution in [0.15, 0.2) is 48.8 Å². The van der Waals surface area contributed by atoms with Crippen molar-refractivity contribution in [3.05, 3.63) is 65.0 Å². The molecule has 4 nitrogen and oxygen atoms in total. The molecule has 5 heteroatoms. The van der Waals surface area contributed by atoms with Gasteiger partial charge >= 0.3 is 0 Å². The van der Waals surface area contributed by atoms with Crippen LogP contribution in [0, 0.1) is 5.92 Å². The van der Waals surface area contributed by atoms with Crippen molar-refractivity contribution in [1.82, 2.24) is 15.5 Å². The predicted octanol–water partition coefficient (Wildman–Crippen LogP) is 4.48. The Balaban J connectivity index is 1.73. The van der Waals surface area contributed by atoms with E-state index >= 15 is 0 Å². The minimum Gasteiger partial charge on any atom is -0.368 e. The molecule has 0 saturated carbocycles. The molecule has 1 amide bonds. The summed E-state index contributed by atoms with van der Waals surface area (Å²) in [5.74, 6) is 0.512. The van der Waals surface area contributed by atoms with Gasteiger partial charge in [-0.2, -0.15) is 0 Å². The number of amides is 1. The molecule has 3 aliphatic heterocycles. The van der Waals surface area contributed by atoms with Crippen LogP contribution in [0.3, 0.4) is 0 Å². The molecule has 2 bridgehead atoms. The van der Waals surface area contributed by atoms with E-state index in [9.17, 15) is 4.79 Å². The maximum atomic E-state index is 12.9. The number of hydrogen-bond donors (Lipinski definition) is 2. The van der Waals surface area contributed by atoms with Gasteiger partial charge in [-0.1, -0.05) is 57.2 Å². The van der Waals surface area contributed by atoms with Gasteiger partial charge in [-0.3, -0.25) is 4.79 Å². The maximum Gasteiger partial charge on any atom is 0.253 e. The first kappa shape index (κ1) is 21.7.